The summed E-state index contributed by atoms with van der Waals surface area (Å²) >= 11 is 0. The fourth-order valence-electron chi connectivity index (χ4n) is 3.88. The molecule has 0 aliphatic heterocycles. The van der Waals surface area contributed by atoms with E-state index in [0.29, 0.717) is 12.0 Å². The molecule has 0 fully saturated rings. The molecule has 0 aliphatic carbocycles. The number of rotatable bonds is 16. The third-order valence-electron chi connectivity index (χ3n) is 5.66. The Morgan fingerprint density at radius 3 is 2.00 bits per heavy atom. The molecule has 0 radical (unpaired) electrons. The van der Waals surface area contributed by atoms with E-state index in [2.05, 4.69) is 38.5 Å². The van der Waals surface area contributed by atoms with Gasteiger partial charge in [-0.05, 0) is 26.2 Å². The second kappa shape index (κ2) is 14.4. The lowest BCUT2D eigenvalue weighted by Gasteiger charge is -2.21. The molecule has 0 spiro atoms. The molecule has 1 heterocycles. The van der Waals surface area contributed by atoms with Crippen LogP contribution in [0.3, 0.4) is 0 Å². The fourth-order valence-corrected chi connectivity index (χ4v) is 3.88. The van der Waals surface area contributed by atoms with Crippen LogP contribution in [0.15, 0.2) is 12.4 Å². The highest BCUT2D eigenvalue weighted by atomic mass is 15.1. The number of hydrogen-bond acceptors (Lipinski definition) is 1. The van der Waals surface area contributed by atoms with E-state index in [-0.39, 0.29) is 0 Å². The standard InChI is InChI=1S/C23H44N2/c1-5-8-10-11-12-13-14-16-17-21(4)25-20-19-24-23(25)22(7-3)18-15-9-6-2/h19-22H,5-18H2,1-4H3. The van der Waals surface area contributed by atoms with E-state index in [1.807, 2.05) is 6.20 Å². The van der Waals surface area contributed by atoms with Crippen LogP contribution < -0.4 is 0 Å². The molecule has 0 amide bonds. The maximum atomic E-state index is 4.74. The van der Waals surface area contributed by atoms with Crippen molar-refractivity contribution in [1.29, 1.82) is 0 Å². The highest BCUT2D eigenvalue weighted by Crippen LogP contribution is 2.28. The van der Waals surface area contributed by atoms with Crippen LogP contribution in [0.4, 0.5) is 0 Å². The van der Waals surface area contributed by atoms with Gasteiger partial charge in [-0.15, -0.1) is 0 Å². The molecule has 25 heavy (non-hydrogen) atoms. The molecule has 2 nitrogen and oxygen atoms in total. The average molecular weight is 349 g/mol. The first kappa shape index (κ1) is 22.3. The molecule has 2 atom stereocenters. The van der Waals surface area contributed by atoms with Crippen molar-refractivity contribution in [3.63, 3.8) is 0 Å². The van der Waals surface area contributed by atoms with Crippen molar-refractivity contribution in [1.82, 2.24) is 9.55 Å². The quantitative estimate of drug-likeness (QED) is 0.276. The summed E-state index contributed by atoms with van der Waals surface area (Å²) in [5.41, 5.74) is 0. The second-order valence-electron chi connectivity index (χ2n) is 7.91. The van der Waals surface area contributed by atoms with Crippen LogP contribution in [-0.2, 0) is 0 Å². The zero-order valence-electron chi connectivity index (χ0n) is 17.6. The summed E-state index contributed by atoms with van der Waals surface area (Å²) < 4.78 is 2.47. The number of hydrogen-bond donors (Lipinski definition) is 0. The van der Waals surface area contributed by atoms with Crippen molar-refractivity contribution < 1.29 is 0 Å². The third kappa shape index (κ3) is 8.92. The largest absolute Gasteiger partial charge is 0.332 e. The first-order chi connectivity index (χ1) is 12.2. The van der Waals surface area contributed by atoms with Crippen LogP contribution in [0.2, 0.25) is 0 Å². The van der Waals surface area contributed by atoms with Crippen molar-refractivity contribution in [2.45, 2.75) is 130 Å². The first-order valence-corrected chi connectivity index (χ1v) is 11.3. The van der Waals surface area contributed by atoms with Gasteiger partial charge in [0.25, 0.3) is 0 Å². The Labute approximate surface area is 157 Å². The zero-order valence-corrected chi connectivity index (χ0v) is 17.6. The van der Waals surface area contributed by atoms with Crippen LogP contribution in [0.25, 0.3) is 0 Å². The molecular weight excluding hydrogens is 304 g/mol. The summed E-state index contributed by atoms with van der Waals surface area (Å²) in [5.74, 6) is 1.98. The lowest BCUT2D eigenvalue weighted by Crippen LogP contribution is -2.12. The molecule has 1 aromatic rings. The molecular formula is C23H44N2. The monoisotopic (exact) mass is 348 g/mol. The number of aromatic nitrogens is 2. The van der Waals surface area contributed by atoms with Gasteiger partial charge in [-0.2, -0.15) is 0 Å². The van der Waals surface area contributed by atoms with E-state index in [1.165, 1.54) is 95.7 Å². The molecule has 1 aromatic heterocycles. The van der Waals surface area contributed by atoms with Crippen molar-refractivity contribution >= 4 is 0 Å². The van der Waals surface area contributed by atoms with Crippen LogP contribution in [0.1, 0.15) is 135 Å². The minimum Gasteiger partial charge on any atom is -0.332 e. The summed E-state index contributed by atoms with van der Waals surface area (Å²) in [6.45, 7) is 9.27. The lowest BCUT2D eigenvalue weighted by molar-refractivity contribution is 0.427. The Balaban J connectivity index is 2.33. The van der Waals surface area contributed by atoms with Crippen LogP contribution >= 0.6 is 0 Å². The minimum atomic E-state index is 0.595. The van der Waals surface area contributed by atoms with Gasteiger partial charge in [-0.25, -0.2) is 4.98 Å². The van der Waals surface area contributed by atoms with Gasteiger partial charge >= 0.3 is 0 Å². The van der Waals surface area contributed by atoms with E-state index in [1.54, 1.807) is 0 Å². The highest BCUT2D eigenvalue weighted by Gasteiger charge is 2.17. The molecule has 1 rings (SSSR count). The first-order valence-electron chi connectivity index (χ1n) is 11.3. The smallest absolute Gasteiger partial charge is 0.111 e. The van der Waals surface area contributed by atoms with Crippen LogP contribution in [0, 0.1) is 0 Å². The van der Waals surface area contributed by atoms with E-state index < -0.39 is 0 Å². The molecule has 0 saturated carbocycles. The summed E-state index contributed by atoms with van der Waals surface area (Å²) in [6.07, 6.45) is 23.3. The van der Waals surface area contributed by atoms with Gasteiger partial charge in [-0.1, -0.05) is 91.4 Å². The van der Waals surface area contributed by atoms with Gasteiger partial charge in [-0.3, -0.25) is 0 Å². The van der Waals surface area contributed by atoms with E-state index in [9.17, 15) is 0 Å². The summed E-state index contributed by atoms with van der Waals surface area (Å²) in [4.78, 5) is 4.74. The SMILES string of the molecule is CCCCCCCCCCC(C)n1ccnc1C(CC)CCCCC. The molecule has 0 aromatic carbocycles. The van der Waals surface area contributed by atoms with Gasteiger partial charge in [0.2, 0.25) is 0 Å². The zero-order chi connectivity index (χ0) is 18.3. The van der Waals surface area contributed by atoms with E-state index >= 15 is 0 Å². The topological polar surface area (TPSA) is 17.8 Å². The molecule has 0 N–H and O–H groups in total. The Kier molecular flexibility index (Phi) is 12.8. The van der Waals surface area contributed by atoms with Crippen LogP contribution in [-0.4, -0.2) is 9.55 Å². The third-order valence-corrected chi connectivity index (χ3v) is 5.66. The van der Waals surface area contributed by atoms with Gasteiger partial charge < -0.3 is 4.57 Å². The Hall–Kier alpha value is -0.790. The molecule has 0 bridgehead atoms. The summed E-state index contributed by atoms with van der Waals surface area (Å²) in [5, 5.41) is 0. The van der Waals surface area contributed by atoms with E-state index in [4.69, 9.17) is 4.98 Å². The van der Waals surface area contributed by atoms with Crippen molar-refractivity contribution in [3.05, 3.63) is 18.2 Å². The molecule has 2 heteroatoms. The van der Waals surface area contributed by atoms with E-state index in [0.717, 1.165) is 0 Å². The predicted molar refractivity (Wildman–Crippen MR) is 111 cm³/mol. The summed E-state index contributed by atoms with van der Waals surface area (Å²) in [7, 11) is 0. The Bertz CT molecular complexity index is 410. The van der Waals surface area contributed by atoms with Gasteiger partial charge in [0.05, 0.1) is 0 Å². The Morgan fingerprint density at radius 2 is 1.36 bits per heavy atom. The maximum absolute atomic E-state index is 4.74. The molecule has 0 saturated heterocycles. The van der Waals surface area contributed by atoms with Gasteiger partial charge in [0.1, 0.15) is 5.82 Å². The number of nitrogens with zero attached hydrogens (tertiary/aromatic N) is 2. The number of imidazole rings is 1. The second-order valence-corrected chi connectivity index (χ2v) is 7.91. The normalized spacial score (nSPS) is 13.9. The van der Waals surface area contributed by atoms with Crippen molar-refractivity contribution in [2.75, 3.05) is 0 Å². The van der Waals surface area contributed by atoms with Crippen molar-refractivity contribution in [3.8, 4) is 0 Å². The fraction of sp³-hybridized carbons (Fsp3) is 0.870. The number of unbranched alkanes of at least 4 members (excludes halogenated alkanes) is 9. The predicted octanol–water partition coefficient (Wildman–Crippen LogP) is 8.05. The van der Waals surface area contributed by atoms with Gasteiger partial charge in [0.15, 0.2) is 0 Å². The summed E-state index contributed by atoms with van der Waals surface area (Å²) in [6, 6.07) is 0.595. The maximum Gasteiger partial charge on any atom is 0.111 e. The van der Waals surface area contributed by atoms with Crippen molar-refractivity contribution in [2.24, 2.45) is 0 Å². The average Bonchev–Trinajstić information content (AvgIpc) is 3.10. The molecule has 2 unspecified atom stereocenters. The van der Waals surface area contributed by atoms with Gasteiger partial charge in [0, 0.05) is 24.4 Å². The molecule has 0 aliphatic rings. The molecule has 146 valence electrons. The lowest BCUT2D eigenvalue weighted by atomic mass is 9.97. The highest BCUT2D eigenvalue weighted by molar-refractivity contribution is 5.02. The minimum absolute atomic E-state index is 0.595. The Morgan fingerprint density at radius 1 is 0.800 bits per heavy atom. The van der Waals surface area contributed by atoms with Crippen LogP contribution in [0.5, 0.6) is 0 Å².